The summed E-state index contributed by atoms with van der Waals surface area (Å²) >= 11 is 0. The van der Waals surface area contributed by atoms with Gasteiger partial charge in [0.2, 0.25) is 0 Å². The Morgan fingerprint density at radius 2 is 1.90 bits per heavy atom. The van der Waals surface area contributed by atoms with Gasteiger partial charge in [0.1, 0.15) is 0 Å². The standard InChI is InChI=1S/C16H22O4/c1-4-11-20-14-9-7-13(12-15(14)18-5-2)8-10-16(17)19-6-3/h7-10,12H,4-6,11H2,1-3H3/b10-8+. The van der Waals surface area contributed by atoms with Crippen LogP contribution in [0.5, 0.6) is 11.5 Å². The Kier molecular flexibility index (Phi) is 7.25. The van der Waals surface area contributed by atoms with Gasteiger partial charge in [-0.3, -0.25) is 0 Å². The zero-order valence-corrected chi connectivity index (χ0v) is 12.3. The Morgan fingerprint density at radius 3 is 2.55 bits per heavy atom. The lowest BCUT2D eigenvalue weighted by atomic mass is 10.2. The molecule has 0 aliphatic heterocycles. The Morgan fingerprint density at radius 1 is 1.10 bits per heavy atom. The maximum atomic E-state index is 11.3. The van der Waals surface area contributed by atoms with Crippen molar-refractivity contribution in [3.8, 4) is 11.5 Å². The van der Waals surface area contributed by atoms with Gasteiger partial charge >= 0.3 is 5.97 Å². The van der Waals surface area contributed by atoms with Crippen LogP contribution in [0.1, 0.15) is 32.8 Å². The van der Waals surface area contributed by atoms with E-state index in [2.05, 4.69) is 6.92 Å². The summed E-state index contributed by atoms with van der Waals surface area (Å²) in [5.41, 5.74) is 0.866. The number of hydrogen-bond acceptors (Lipinski definition) is 4. The second kappa shape index (κ2) is 9.02. The van der Waals surface area contributed by atoms with Crippen LogP contribution in [0.15, 0.2) is 24.3 Å². The molecule has 0 N–H and O–H groups in total. The van der Waals surface area contributed by atoms with Gasteiger partial charge < -0.3 is 14.2 Å². The van der Waals surface area contributed by atoms with Gasteiger partial charge in [0.05, 0.1) is 19.8 Å². The number of hydrogen-bond donors (Lipinski definition) is 0. The molecule has 0 bridgehead atoms. The fourth-order valence-electron chi connectivity index (χ4n) is 1.58. The minimum absolute atomic E-state index is 0.350. The molecule has 0 atom stereocenters. The number of carbonyl (C=O) groups excluding carboxylic acids is 1. The van der Waals surface area contributed by atoms with Gasteiger partial charge in [0, 0.05) is 6.08 Å². The number of carbonyl (C=O) groups is 1. The molecule has 0 amide bonds. The minimum Gasteiger partial charge on any atom is -0.490 e. The molecule has 0 heterocycles. The largest absolute Gasteiger partial charge is 0.490 e. The number of rotatable bonds is 8. The van der Waals surface area contributed by atoms with Crippen molar-refractivity contribution >= 4 is 12.0 Å². The first-order chi connectivity index (χ1) is 9.71. The van der Waals surface area contributed by atoms with Crippen LogP contribution in [-0.4, -0.2) is 25.8 Å². The van der Waals surface area contributed by atoms with Gasteiger partial charge in [-0.05, 0) is 44.0 Å². The summed E-state index contributed by atoms with van der Waals surface area (Å²) in [5.74, 6) is 1.06. The summed E-state index contributed by atoms with van der Waals surface area (Å²) in [5, 5.41) is 0. The minimum atomic E-state index is -0.350. The highest BCUT2D eigenvalue weighted by Crippen LogP contribution is 2.29. The molecule has 0 fully saturated rings. The average Bonchev–Trinajstić information content (AvgIpc) is 2.45. The van der Waals surface area contributed by atoms with Crippen molar-refractivity contribution in [1.29, 1.82) is 0 Å². The highest BCUT2D eigenvalue weighted by molar-refractivity contribution is 5.87. The van der Waals surface area contributed by atoms with E-state index in [0.717, 1.165) is 17.7 Å². The number of ether oxygens (including phenoxy) is 3. The lowest BCUT2D eigenvalue weighted by Gasteiger charge is -2.11. The third-order valence-corrected chi connectivity index (χ3v) is 2.43. The highest BCUT2D eigenvalue weighted by Gasteiger charge is 2.05. The summed E-state index contributed by atoms with van der Waals surface area (Å²) in [7, 11) is 0. The van der Waals surface area contributed by atoms with Gasteiger partial charge in [-0.25, -0.2) is 4.79 Å². The van der Waals surface area contributed by atoms with Gasteiger partial charge in [-0.15, -0.1) is 0 Å². The van der Waals surface area contributed by atoms with E-state index >= 15 is 0 Å². The van der Waals surface area contributed by atoms with Crippen LogP contribution in [-0.2, 0) is 9.53 Å². The Labute approximate surface area is 120 Å². The third kappa shape index (κ3) is 5.34. The lowest BCUT2D eigenvalue weighted by Crippen LogP contribution is -2.00. The van der Waals surface area contributed by atoms with E-state index in [0.29, 0.717) is 25.6 Å². The summed E-state index contributed by atoms with van der Waals surface area (Å²) in [6.45, 7) is 7.34. The molecular weight excluding hydrogens is 256 g/mol. The van der Waals surface area contributed by atoms with Gasteiger partial charge in [0.25, 0.3) is 0 Å². The monoisotopic (exact) mass is 278 g/mol. The van der Waals surface area contributed by atoms with Crippen LogP contribution in [0.3, 0.4) is 0 Å². The molecular formula is C16H22O4. The molecule has 1 aromatic rings. The second-order valence-electron chi connectivity index (χ2n) is 4.07. The van der Waals surface area contributed by atoms with Gasteiger partial charge in [-0.1, -0.05) is 13.0 Å². The highest BCUT2D eigenvalue weighted by atomic mass is 16.5. The molecule has 110 valence electrons. The molecule has 1 rings (SSSR count). The molecule has 0 aliphatic rings. The maximum Gasteiger partial charge on any atom is 0.330 e. The zero-order valence-electron chi connectivity index (χ0n) is 12.3. The lowest BCUT2D eigenvalue weighted by molar-refractivity contribution is -0.137. The molecule has 0 radical (unpaired) electrons. The van der Waals surface area contributed by atoms with Crippen molar-refractivity contribution in [3.05, 3.63) is 29.8 Å². The third-order valence-electron chi connectivity index (χ3n) is 2.43. The molecule has 0 saturated carbocycles. The fourth-order valence-corrected chi connectivity index (χ4v) is 1.58. The van der Waals surface area contributed by atoms with E-state index in [1.54, 1.807) is 13.0 Å². The summed E-state index contributed by atoms with van der Waals surface area (Å²) in [6, 6.07) is 5.58. The first kappa shape index (κ1) is 16.1. The smallest absolute Gasteiger partial charge is 0.330 e. The normalized spacial score (nSPS) is 10.6. The van der Waals surface area contributed by atoms with Crippen LogP contribution in [0.25, 0.3) is 6.08 Å². The Hall–Kier alpha value is -1.97. The van der Waals surface area contributed by atoms with Crippen molar-refractivity contribution in [2.24, 2.45) is 0 Å². The predicted octanol–water partition coefficient (Wildman–Crippen LogP) is 3.45. The maximum absolute atomic E-state index is 11.3. The molecule has 0 spiro atoms. The Bertz CT molecular complexity index is 452. The van der Waals surface area contributed by atoms with Crippen LogP contribution in [0.4, 0.5) is 0 Å². The van der Waals surface area contributed by atoms with Crippen molar-refractivity contribution in [3.63, 3.8) is 0 Å². The average molecular weight is 278 g/mol. The molecule has 20 heavy (non-hydrogen) atoms. The SMILES string of the molecule is CCCOc1ccc(/C=C/C(=O)OCC)cc1OCC. The molecule has 0 unspecified atom stereocenters. The summed E-state index contributed by atoms with van der Waals surface area (Å²) in [4.78, 5) is 11.3. The quantitative estimate of drug-likeness (QED) is 0.539. The molecule has 4 nitrogen and oxygen atoms in total. The molecule has 0 aliphatic carbocycles. The van der Waals surface area contributed by atoms with Crippen LogP contribution in [0.2, 0.25) is 0 Å². The predicted molar refractivity (Wildman–Crippen MR) is 79.1 cm³/mol. The van der Waals surface area contributed by atoms with Crippen molar-refractivity contribution in [2.45, 2.75) is 27.2 Å². The van der Waals surface area contributed by atoms with Crippen LogP contribution >= 0.6 is 0 Å². The van der Waals surface area contributed by atoms with E-state index in [1.165, 1.54) is 6.08 Å². The Balaban J connectivity index is 2.83. The fraction of sp³-hybridized carbons (Fsp3) is 0.438. The van der Waals surface area contributed by atoms with E-state index < -0.39 is 0 Å². The first-order valence-corrected chi connectivity index (χ1v) is 6.95. The summed E-state index contributed by atoms with van der Waals surface area (Å²) < 4.78 is 16.0. The first-order valence-electron chi connectivity index (χ1n) is 6.95. The second-order valence-corrected chi connectivity index (χ2v) is 4.07. The molecule has 1 aromatic carbocycles. The van der Waals surface area contributed by atoms with Crippen LogP contribution in [0, 0.1) is 0 Å². The number of esters is 1. The van der Waals surface area contributed by atoms with E-state index in [1.807, 2.05) is 25.1 Å². The zero-order chi connectivity index (χ0) is 14.8. The molecule has 0 aromatic heterocycles. The summed E-state index contributed by atoms with van der Waals surface area (Å²) in [6.07, 6.45) is 4.04. The van der Waals surface area contributed by atoms with Gasteiger partial charge in [0.15, 0.2) is 11.5 Å². The van der Waals surface area contributed by atoms with E-state index in [4.69, 9.17) is 14.2 Å². The van der Waals surface area contributed by atoms with Crippen LogP contribution < -0.4 is 9.47 Å². The van der Waals surface area contributed by atoms with Crippen molar-refractivity contribution in [2.75, 3.05) is 19.8 Å². The molecule has 4 heteroatoms. The van der Waals surface area contributed by atoms with E-state index in [9.17, 15) is 4.79 Å². The van der Waals surface area contributed by atoms with Gasteiger partial charge in [-0.2, -0.15) is 0 Å². The van der Waals surface area contributed by atoms with E-state index in [-0.39, 0.29) is 5.97 Å². The molecule has 0 saturated heterocycles. The number of benzene rings is 1. The van der Waals surface area contributed by atoms with Crippen molar-refractivity contribution in [1.82, 2.24) is 0 Å². The topological polar surface area (TPSA) is 44.8 Å². The van der Waals surface area contributed by atoms with Crippen molar-refractivity contribution < 1.29 is 19.0 Å².